The van der Waals surface area contributed by atoms with E-state index in [2.05, 4.69) is 10.5 Å². The second-order valence-corrected chi connectivity index (χ2v) is 5.54. The average Bonchev–Trinajstić information content (AvgIpc) is 2.48. The van der Waals surface area contributed by atoms with E-state index in [1.165, 1.54) is 12.1 Å². The summed E-state index contributed by atoms with van der Waals surface area (Å²) < 4.78 is 0. The van der Waals surface area contributed by atoms with Crippen molar-refractivity contribution in [3.63, 3.8) is 0 Å². The van der Waals surface area contributed by atoms with Gasteiger partial charge in [-0.25, -0.2) is 5.43 Å². The van der Waals surface area contributed by atoms with Gasteiger partial charge in [-0.15, -0.1) is 0 Å². The van der Waals surface area contributed by atoms with E-state index in [0.29, 0.717) is 11.3 Å². The first-order chi connectivity index (χ1) is 10.9. The zero-order valence-electron chi connectivity index (χ0n) is 13.4. The summed E-state index contributed by atoms with van der Waals surface area (Å²) in [6.45, 7) is 5.62. The van der Waals surface area contributed by atoms with Crippen LogP contribution < -0.4 is 5.43 Å². The van der Waals surface area contributed by atoms with Gasteiger partial charge in [0.05, 0.1) is 12.1 Å². The lowest BCUT2D eigenvalue weighted by Gasteiger charge is -2.07. The quantitative estimate of drug-likeness (QED) is 0.600. The Bertz CT molecular complexity index is 767. The van der Waals surface area contributed by atoms with E-state index < -0.39 is 0 Å². The van der Waals surface area contributed by atoms with Gasteiger partial charge in [0.15, 0.2) is 0 Å². The molecular weight excluding hydrogens is 292 g/mol. The van der Waals surface area contributed by atoms with Gasteiger partial charge in [0, 0.05) is 11.6 Å². The number of aryl methyl sites for hydroxylation is 2. The van der Waals surface area contributed by atoms with Gasteiger partial charge < -0.3 is 10.2 Å². The summed E-state index contributed by atoms with van der Waals surface area (Å²) in [6, 6.07) is 10.2. The fraction of sp³-hybridized carbons (Fsp3) is 0.222. The van der Waals surface area contributed by atoms with Crippen molar-refractivity contribution in [2.75, 3.05) is 0 Å². The first-order valence-corrected chi connectivity index (χ1v) is 7.28. The highest BCUT2D eigenvalue weighted by Gasteiger charge is 2.08. The molecule has 1 amide bonds. The number of nitrogens with zero attached hydrogens (tertiary/aromatic N) is 1. The van der Waals surface area contributed by atoms with Gasteiger partial charge in [-0.1, -0.05) is 23.8 Å². The molecule has 0 fully saturated rings. The van der Waals surface area contributed by atoms with E-state index in [-0.39, 0.29) is 23.8 Å². The smallest absolute Gasteiger partial charge is 0.244 e. The van der Waals surface area contributed by atoms with Gasteiger partial charge in [0.2, 0.25) is 5.91 Å². The fourth-order valence-corrected chi connectivity index (χ4v) is 2.24. The Morgan fingerprint density at radius 1 is 1.13 bits per heavy atom. The van der Waals surface area contributed by atoms with Crippen molar-refractivity contribution in [3.8, 4) is 11.5 Å². The largest absolute Gasteiger partial charge is 0.508 e. The van der Waals surface area contributed by atoms with Crippen LogP contribution in [0.15, 0.2) is 41.5 Å². The van der Waals surface area contributed by atoms with Crippen LogP contribution in [0.4, 0.5) is 0 Å². The van der Waals surface area contributed by atoms with Crippen molar-refractivity contribution in [3.05, 3.63) is 58.7 Å². The summed E-state index contributed by atoms with van der Waals surface area (Å²) in [5, 5.41) is 23.1. The van der Waals surface area contributed by atoms with E-state index in [1.54, 1.807) is 13.0 Å². The summed E-state index contributed by atoms with van der Waals surface area (Å²) in [6.07, 6.45) is 0.242. The number of benzene rings is 2. The molecule has 2 aromatic rings. The maximum Gasteiger partial charge on any atom is 0.244 e. The molecule has 5 nitrogen and oxygen atoms in total. The van der Waals surface area contributed by atoms with Gasteiger partial charge in [-0.3, -0.25) is 4.79 Å². The molecule has 0 aliphatic heterocycles. The Balaban J connectivity index is 2.06. The van der Waals surface area contributed by atoms with Gasteiger partial charge >= 0.3 is 0 Å². The Kier molecular flexibility index (Phi) is 5.01. The maximum absolute atomic E-state index is 12.0. The van der Waals surface area contributed by atoms with Crippen LogP contribution in [0.2, 0.25) is 0 Å². The number of aromatic hydroxyl groups is 2. The predicted molar refractivity (Wildman–Crippen MR) is 89.7 cm³/mol. The SMILES string of the molecule is C/C(=N/NC(=O)Cc1cc(C)ccc1C)c1ccc(O)cc1O. The van der Waals surface area contributed by atoms with Crippen LogP contribution in [0.3, 0.4) is 0 Å². The highest BCUT2D eigenvalue weighted by Crippen LogP contribution is 2.23. The normalized spacial score (nSPS) is 11.3. The molecule has 0 bridgehead atoms. The van der Waals surface area contributed by atoms with Crippen molar-refractivity contribution >= 4 is 11.6 Å². The Hall–Kier alpha value is -2.82. The molecule has 23 heavy (non-hydrogen) atoms. The molecule has 0 aliphatic rings. The second-order valence-electron chi connectivity index (χ2n) is 5.54. The zero-order chi connectivity index (χ0) is 17.0. The predicted octanol–water partition coefficient (Wildman–Crippen LogP) is 2.80. The molecule has 0 radical (unpaired) electrons. The molecule has 0 spiro atoms. The fourth-order valence-electron chi connectivity index (χ4n) is 2.24. The maximum atomic E-state index is 12.0. The van der Waals surface area contributed by atoms with Crippen LogP contribution in [0.25, 0.3) is 0 Å². The standard InChI is InChI=1S/C18H20N2O3/c1-11-4-5-12(2)14(8-11)9-18(23)20-19-13(3)16-7-6-15(21)10-17(16)22/h4-8,10,21-22H,9H2,1-3H3,(H,20,23)/b19-13-. The van der Waals surface area contributed by atoms with Crippen molar-refractivity contribution < 1.29 is 15.0 Å². The van der Waals surface area contributed by atoms with E-state index in [0.717, 1.165) is 16.7 Å². The number of hydrogen-bond donors (Lipinski definition) is 3. The lowest BCUT2D eigenvalue weighted by atomic mass is 10.0. The zero-order valence-corrected chi connectivity index (χ0v) is 13.4. The number of phenols is 2. The Morgan fingerprint density at radius 2 is 1.87 bits per heavy atom. The van der Waals surface area contributed by atoms with Crippen molar-refractivity contribution in [1.82, 2.24) is 5.43 Å². The highest BCUT2D eigenvalue weighted by molar-refractivity contribution is 6.01. The van der Waals surface area contributed by atoms with Gasteiger partial charge in [-0.2, -0.15) is 5.10 Å². The van der Waals surface area contributed by atoms with E-state index in [4.69, 9.17) is 0 Å². The minimum absolute atomic E-state index is 0.0296. The number of nitrogens with one attached hydrogen (secondary N) is 1. The van der Waals surface area contributed by atoms with Crippen molar-refractivity contribution in [1.29, 1.82) is 0 Å². The van der Waals surface area contributed by atoms with Crippen LogP contribution in [-0.4, -0.2) is 21.8 Å². The molecule has 5 heteroatoms. The molecule has 0 atom stereocenters. The molecule has 0 aromatic heterocycles. The van der Waals surface area contributed by atoms with Crippen LogP contribution in [-0.2, 0) is 11.2 Å². The summed E-state index contributed by atoms with van der Waals surface area (Å²) >= 11 is 0. The third-order valence-corrected chi connectivity index (χ3v) is 3.58. The molecular formula is C18H20N2O3. The monoisotopic (exact) mass is 312 g/mol. The first kappa shape index (κ1) is 16.5. The van der Waals surface area contributed by atoms with Crippen LogP contribution in [0.1, 0.15) is 29.2 Å². The Labute approximate surface area is 135 Å². The molecule has 3 N–H and O–H groups in total. The van der Waals surface area contributed by atoms with Crippen molar-refractivity contribution in [2.45, 2.75) is 27.2 Å². The lowest BCUT2D eigenvalue weighted by Crippen LogP contribution is -2.21. The highest BCUT2D eigenvalue weighted by atomic mass is 16.3. The average molecular weight is 312 g/mol. The molecule has 2 rings (SSSR count). The first-order valence-electron chi connectivity index (χ1n) is 7.28. The molecule has 0 unspecified atom stereocenters. The van der Waals surface area contributed by atoms with E-state index in [1.807, 2.05) is 32.0 Å². The second kappa shape index (κ2) is 6.96. The van der Waals surface area contributed by atoms with E-state index in [9.17, 15) is 15.0 Å². The van der Waals surface area contributed by atoms with E-state index >= 15 is 0 Å². The molecule has 0 aliphatic carbocycles. The van der Waals surface area contributed by atoms with Gasteiger partial charge in [-0.05, 0) is 44.0 Å². The number of amides is 1. The number of phenolic OH excluding ortho intramolecular Hbond substituents is 2. The number of carbonyl (C=O) groups excluding carboxylic acids is 1. The van der Waals surface area contributed by atoms with Crippen LogP contribution in [0, 0.1) is 13.8 Å². The van der Waals surface area contributed by atoms with Crippen molar-refractivity contribution in [2.24, 2.45) is 5.10 Å². The van der Waals surface area contributed by atoms with Crippen LogP contribution >= 0.6 is 0 Å². The topological polar surface area (TPSA) is 81.9 Å². The minimum Gasteiger partial charge on any atom is -0.508 e. The minimum atomic E-state index is -0.226. The molecule has 0 saturated heterocycles. The summed E-state index contributed by atoms with van der Waals surface area (Å²) in [7, 11) is 0. The third kappa shape index (κ3) is 4.32. The number of rotatable bonds is 4. The number of hydrazone groups is 1. The number of hydrogen-bond acceptors (Lipinski definition) is 4. The van der Waals surface area contributed by atoms with Gasteiger partial charge in [0.1, 0.15) is 11.5 Å². The number of carbonyl (C=O) groups is 1. The van der Waals surface area contributed by atoms with Gasteiger partial charge in [0.25, 0.3) is 0 Å². The van der Waals surface area contributed by atoms with Crippen LogP contribution in [0.5, 0.6) is 11.5 Å². The summed E-state index contributed by atoms with van der Waals surface area (Å²) in [5.41, 5.74) is 6.53. The lowest BCUT2D eigenvalue weighted by molar-refractivity contribution is -0.120. The Morgan fingerprint density at radius 3 is 2.57 bits per heavy atom. The molecule has 120 valence electrons. The molecule has 0 heterocycles. The molecule has 2 aromatic carbocycles. The third-order valence-electron chi connectivity index (χ3n) is 3.58. The molecule has 0 saturated carbocycles. The summed E-state index contributed by atoms with van der Waals surface area (Å²) in [5.74, 6) is -0.343. The summed E-state index contributed by atoms with van der Waals surface area (Å²) in [4.78, 5) is 12.0.